The molecule has 7 heteroatoms. The maximum Gasteiger partial charge on any atom is 0.257 e. The summed E-state index contributed by atoms with van der Waals surface area (Å²) in [5.74, 6) is 0.550. The lowest BCUT2D eigenvalue weighted by Gasteiger charge is -2.47. The molecule has 126 valence electrons. The lowest BCUT2D eigenvalue weighted by molar-refractivity contribution is -0.00383. The first-order valence-electron chi connectivity index (χ1n) is 8.16. The van der Waals surface area contributed by atoms with Crippen LogP contribution in [0.1, 0.15) is 48.3 Å². The van der Waals surface area contributed by atoms with E-state index >= 15 is 0 Å². The second kappa shape index (κ2) is 5.65. The van der Waals surface area contributed by atoms with Crippen molar-refractivity contribution in [1.82, 2.24) is 15.1 Å². The van der Waals surface area contributed by atoms with E-state index in [2.05, 4.69) is 26.1 Å². The lowest BCUT2D eigenvalue weighted by atomic mass is 9.67. The van der Waals surface area contributed by atoms with E-state index in [9.17, 15) is 9.18 Å². The van der Waals surface area contributed by atoms with Crippen molar-refractivity contribution < 1.29 is 13.6 Å². The molecule has 1 aromatic heterocycles. The van der Waals surface area contributed by atoms with Gasteiger partial charge in [-0.2, -0.15) is 0 Å². The van der Waals surface area contributed by atoms with Crippen LogP contribution in [-0.4, -0.2) is 27.5 Å². The molecule has 1 saturated heterocycles. The van der Waals surface area contributed by atoms with E-state index in [1.54, 1.807) is 11.0 Å². The van der Waals surface area contributed by atoms with Crippen LogP contribution in [0.25, 0.3) is 0 Å². The molecule has 0 radical (unpaired) electrons. The Hall–Kier alpha value is -1.76. The molecule has 0 N–H and O–H groups in total. The van der Waals surface area contributed by atoms with Gasteiger partial charge in [-0.05, 0) is 43.4 Å². The molecule has 4 rings (SSSR count). The molecule has 1 aliphatic carbocycles. The van der Waals surface area contributed by atoms with Gasteiger partial charge in [0.05, 0.1) is 5.56 Å². The number of aryl methyl sites for hydroxylation is 1. The maximum absolute atomic E-state index is 14.3. The van der Waals surface area contributed by atoms with Crippen molar-refractivity contribution in [1.29, 1.82) is 0 Å². The largest absolute Gasteiger partial charge is 0.423 e. The summed E-state index contributed by atoms with van der Waals surface area (Å²) in [5, 5.41) is 8.25. The molecule has 0 unspecified atom stereocenters. The van der Waals surface area contributed by atoms with Crippen LogP contribution in [0.2, 0.25) is 0 Å². The summed E-state index contributed by atoms with van der Waals surface area (Å²) in [4.78, 5) is 14.7. The summed E-state index contributed by atoms with van der Waals surface area (Å²) < 4.78 is 20.7. The van der Waals surface area contributed by atoms with Gasteiger partial charge in [-0.25, -0.2) is 4.39 Å². The molecule has 2 heterocycles. The van der Waals surface area contributed by atoms with Gasteiger partial charge < -0.3 is 9.32 Å². The molecule has 5 nitrogen and oxygen atoms in total. The topological polar surface area (TPSA) is 59.2 Å². The molecule has 2 atom stereocenters. The Kier molecular flexibility index (Phi) is 3.71. The zero-order valence-corrected chi connectivity index (χ0v) is 14.8. The number of likely N-dealkylation sites (tertiary alicyclic amines) is 1. The molecule has 1 aromatic carbocycles. The number of carbonyl (C=O) groups excluding carboxylic acids is 1. The zero-order valence-electron chi connectivity index (χ0n) is 13.3. The van der Waals surface area contributed by atoms with Crippen molar-refractivity contribution in [2.45, 2.75) is 38.1 Å². The van der Waals surface area contributed by atoms with E-state index in [0.717, 1.165) is 19.3 Å². The monoisotopic (exact) mass is 393 g/mol. The number of halogens is 2. The number of hydrogen-bond acceptors (Lipinski definition) is 4. The summed E-state index contributed by atoms with van der Waals surface area (Å²) in [6.07, 6.45) is 3.35. The standard InChI is InChI=1S/C17H17BrFN3O2/c1-2-14-20-21-16(24-14)17-7-5-10(17)6-8-22(17)15(23)12-4-3-11(18)9-13(12)19/h3-4,9-10H,2,5-8H2,1H3/t10-,17-/m0/s1. The first kappa shape index (κ1) is 15.7. The minimum Gasteiger partial charge on any atom is -0.423 e. The fourth-order valence-electron chi connectivity index (χ4n) is 3.90. The van der Waals surface area contributed by atoms with E-state index in [4.69, 9.17) is 4.42 Å². The van der Waals surface area contributed by atoms with E-state index in [1.165, 1.54) is 12.1 Å². The van der Waals surface area contributed by atoms with Gasteiger partial charge in [-0.15, -0.1) is 10.2 Å². The Morgan fingerprint density at radius 2 is 2.29 bits per heavy atom. The third-order valence-electron chi connectivity index (χ3n) is 5.28. The Morgan fingerprint density at radius 1 is 1.46 bits per heavy atom. The third-order valence-corrected chi connectivity index (χ3v) is 5.77. The number of carbonyl (C=O) groups is 1. The average molecular weight is 394 g/mol. The molecule has 2 aliphatic rings. The van der Waals surface area contributed by atoms with Crippen molar-refractivity contribution in [3.8, 4) is 0 Å². The number of hydrogen-bond donors (Lipinski definition) is 0. The zero-order chi connectivity index (χ0) is 16.9. The smallest absolute Gasteiger partial charge is 0.257 e. The number of aromatic nitrogens is 2. The normalized spacial score (nSPS) is 25.5. The highest BCUT2D eigenvalue weighted by Gasteiger charge is 2.61. The van der Waals surface area contributed by atoms with Crippen LogP contribution >= 0.6 is 15.9 Å². The highest BCUT2D eigenvalue weighted by molar-refractivity contribution is 9.10. The van der Waals surface area contributed by atoms with E-state index in [-0.39, 0.29) is 11.5 Å². The van der Waals surface area contributed by atoms with Gasteiger partial charge >= 0.3 is 0 Å². The first-order chi connectivity index (χ1) is 11.6. The Morgan fingerprint density at radius 3 is 2.92 bits per heavy atom. The highest BCUT2D eigenvalue weighted by Crippen LogP contribution is 2.56. The molecular formula is C17H17BrFN3O2. The number of nitrogens with zero attached hydrogens (tertiary/aromatic N) is 3. The SMILES string of the molecule is CCc1nnc([C@]23CC[C@H]2CCN3C(=O)c2ccc(Br)cc2F)o1. The number of rotatable bonds is 3. The maximum atomic E-state index is 14.3. The molecule has 0 bridgehead atoms. The van der Waals surface area contributed by atoms with Gasteiger partial charge in [-0.1, -0.05) is 22.9 Å². The van der Waals surface area contributed by atoms with Crippen molar-refractivity contribution >= 4 is 21.8 Å². The predicted octanol–water partition coefficient (Wildman–Crippen LogP) is 3.69. The van der Waals surface area contributed by atoms with Crippen LogP contribution in [0.4, 0.5) is 4.39 Å². The van der Waals surface area contributed by atoms with Crippen LogP contribution in [0.15, 0.2) is 27.1 Å². The average Bonchev–Trinajstić information content (AvgIpc) is 3.10. The van der Waals surface area contributed by atoms with Gasteiger partial charge in [0.15, 0.2) is 0 Å². The van der Waals surface area contributed by atoms with Crippen LogP contribution in [-0.2, 0) is 12.0 Å². The van der Waals surface area contributed by atoms with E-state index in [1.807, 2.05) is 6.92 Å². The Balaban J connectivity index is 1.72. The highest BCUT2D eigenvalue weighted by atomic mass is 79.9. The summed E-state index contributed by atoms with van der Waals surface area (Å²) in [7, 11) is 0. The van der Waals surface area contributed by atoms with Gasteiger partial charge in [0, 0.05) is 17.4 Å². The molecule has 2 fully saturated rings. The van der Waals surface area contributed by atoms with Crippen molar-refractivity contribution in [3.05, 3.63) is 45.8 Å². The lowest BCUT2D eigenvalue weighted by Crippen LogP contribution is -2.54. The second-order valence-electron chi connectivity index (χ2n) is 6.38. The molecular weight excluding hydrogens is 377 g/mol. The van der Waals surface area contributed by atoms with E-state index in [0.29, 0.717) is 35.1 Å². The third kappa shape index (κ3) is 2.13. The van der Waals surface area contributed by atoms with Crippen LogP contribution in [0.3, 0.4) is 0 Å². The Bertz CT molecular complexity index is 809. The van der Waals surface area contributed by atoms with E-state index < -0.39 is 11.4 Å². The Labute approximate surface area is 147 Å². The first-order valence-corrected chi connectivity index (χ1v) is 8.95. The molecule has 1 amide bonds. The van der Waals surface area contributed by atoms with Crippen LogP contribution in [0.5, 0.6) is 0 Å². The molecule has 1 aliphatic heterocycles. The summed E-state index contributed by atoms with van der Waals surface area (Å²) in [6, 6.07) is 4.52. The summed E-state index contributed by atoms with van der Waals surface area (Å²) in [6.45, 7) is 2.53. The molecule has 1 saturated carbocycles. The van der Waals surface area contributed by atoms with Gasteiger partial charge in [-0.3, -0.25) is 4.79 Å². The van der Waals surface area contributed by atoms with Gasteiger partial charge in [0.1, 0.15) is 11.4 Å². The molecule has 2 aromatic rings. The van der Waals surface area contributed by atoms with Crippen LogP contribution in [0, 0.1) is 11.7 Å². The number of amides is 1. The van der Waals surface area contributed by atoms with Crippen molar-refractivity contribution in [2.75, 3.05) is 6.54 Å². The number of fused-ring (bicyclic) bond motifs is 1. The predicted molar refractivity (Wildman–Crippen MR) is 87.8 cm³/mol. The molecule has 24 heavy (non-hydrogen) atoms. The van der Waals surface area contributed by atoms with Gasteiger partial charge in [0.2, 0.25) is 11.8 Å². The van der Waals surface area contributed by atoms with Crippen molar-refractivity contribution in [2.24, 2.45) is 5.92 Å². The summed E-state index contributed by atoms with van der Waals surface area (Å²) in [5.41, 5.74) is -0.475. The molecule has 0 spiro atoms. The fraction of sp³-hybridized carbons (Fsp3) is 0.471. The number of benzene rings is 1. The minimum absolute atomic E-state index is 0.0837. The van der Waals surface area contributed by atoms with Crippen molar-refractivity contribution in [3.63, 3.8) is 0 Å². The quantitative estimate of drug-likeness (QED) is 0.797. The minimum atomic E-state index is -0.559. The van der Waals surface area contributed by atoms with Gasteiger partial charge in [0.25, 0.3) is 5.91 Å². The second-order valence-corrected chi connectivity index (χ2v) is 7.30. The van der Waals surface area contributed by atoms with Crippen LogP contribution < -0.4 is 0 Å². The fourth-order valence-corrected chi connectivity index (χ4v) is 4.24. The summed E-state index contributed by atoms with van der Waals surface area (Å²) >= 11 is 3.22.